The SMILES string of the molecule is COc1cccc(/C=N\NC(=O)CNC(=O)COc2cccc(C)c2)c1O. The molecular formula is C19H21N3O5. The summed E-state index contributed by atoms with van der Waals surface area (Å²) >= 11 is 0. The number of phenolic OH excluding ortho intramolecular Hbond substituents is 1. The van der Waals surface area contributed by atoms with E-state index in [0.717, 1.165) is 5.56 Å². The summed E-state index contributed by atoms with van der Waals surface area (Å²) in [6, 6.07) is 12.2. The number of benzene rings is 2. The quantitative estimate of drug-likeness (QED) is 0.479. The van der Waals surface area contributed by atoms with E-state index in [-0.39, 0.29) is 18.9 Å². The summed E-state index contributed by atoms with van der Waals surface area (Å²) in [5.41, 5.74) is 3.66. The molecule has 0 unspecified atom stereocenters. The van der Waals surface area contributed by atoms with Crippen molar-refractivity contribution in [1.82, 2.24) is 10.7 Å². The van der Waals surface area contributed by atoms with Crippen molar-refractivity contribution in [2.24, 2.45) is 5.10 Å². The van der Waals surface area contributed by atoms with Crippen LogP contribution in [0.25, 0.3) is 0 Å². The molecule has 8 heteroatoms. The highest BCUT2D eigenvalue weighted by Gasteiger charge is 2.07. The zero-order valence-corrected chi connectivity index (χ0v) is 15.1. The number of carbonyl (C=O) groups excluding carboxylic acids is 2. The smallest absolute Gasteiger partial charge is 0.259 e. The Balaban J connectivity index is 1.73. The average molecular weight is 371 g/mol. The fourth-order valence-corrected chi connectivity index (χ4v) is 2.11. The van der Waals surface area contributed by atoms with Crippen LogP contribution in [0, 0.1) is 6.92 Å². The summed E-state index contributed by atoms with van der Waals surface area (Å²) in [6.07, 6.45) is 1.28. The van der Waals surface area contributed by atoms with E-state index >= 15 is 0 Å². The van der Waals surface area contributed by atoms with Crippen LogP contribution in [0.3, 0.4) is 0 Å². The third-order valence-electron chi connectivity index (χ3n) is 3.45. The van der Waals surface area contributed by atoms with Gasteiger partial charge in [-0.25, -0.2) is 5.43 Å². The summed E-state index contributed by atoms with van der Waals surface area (Å²) in [7, 11) is 1.43. The molecular weight excluding hydrogens is 350 g/mol. The zero-order valence-electron chi connectivity index (χ0n) is 15.1. The van der Waals surface area contributed by atoms with Crippen LogP contribution in [0.4, 0.5) is 0 Å². The highest BCUT2D eigenvalue weighted by atomic mass is 16.5. The molecule has 0 atom stereocenters. The van der Waals surface area contributed by atoms with E-state index in [9.17, 15) is 14.7 Å². The van der Waals surface area contributed by atoms with E-state index in [4.69, 9.17) is 9.47 Å². The minimum atomic E-state index is -0.516. The van der Waals surface area contributed by atoms with Gasteiger partial charge in [-0.15, -0.1) is 0 Å². The van der Waals surface area contributed by atoms with Gasteiger partial charge in [0, 0.05) is 5.56 Å². The van der Waals surface area contributed by atoms with E-state index < -0.39 is 11.8 Å². The summed E-state index contributed by atoms with van der Waals surface area (Å²) in [6.45, 7) is 1.47. The van der Waals surface area contributed by atoms with Crippen molar-refractivity contribution < 1.29 is 24.2 Å². The Hall–Kier alpha value is -3.55. The van der Waals surface area contributed by atoms with Crippen molar-refractivity contribution in [2.75, 3.05) is 20.3 Å². The highest BCUT2D eigenvalue weighted by Crippen LogP contribution is 2.27. The summed E-state index contributed by atoms with van der Waals surface area (Å²) in [4.78, 5) is 23.4. The van der Waals surface area contributed by atoms with Gasteiger partial charge in [0.25, 0.3) is 11.8 Å². The summed E-state index contributed by atoms with van der Waals surface area (Å²) < 4.78 is 10.3. The molecule has 2 aromatic rings. The number of amides is 2. The standard InChI is InChI=1S/C19H21N3O5/c1-13-5-3-7-15(9-13)27-12-18(24)20-11-17(23)22-21-10-14-6-4-8-16(26-2)19(14)25/h3-10,25H,11-12H2,1-2H3,(H,20,24)(H,22,23)/b21-10-. The molecule has 0 saturated carbocycles. The van der Waals surface area contributed by atoms with Gasteiger partial charge in [-0.2, -0.15) is 5.10 Å². The van der Waals surface area contributed by atoms with Crippen molar-refractivity contribution in [3.8, 4) is 17.2 Å². The number of carbonyl (C=O) groups is 2. The molecule has 2 aromatic carbocycles. The van der Waals surface area contributed by atoms with Gasteiger partial charge in [0.2, 0.25) is 0 Å². The largest absolute Gasteiger partial charge is 0.504 e. The van der Waals surface area contributed by atoms with Gasteiger partial charge < -0.3 is 19.9 Å². The average Bonchev–Trinajstić information content (AvgIpc) is 2.66. The van der Waals surface area contributed by atoms with E-state index in [0.29, 0.717) is 17.1 Å². The van der Waals surface area contributed by atoms with E-state index in [1.54, 1.807) is 24.3 Å². The van der Waals surface area contributed by atoms with Crippen LogP contribution in [-0.4, -0.2) is 43.4 Å². The normalized spacial score (nSPS) is 10.4. The molecule has 0 aliphatic heterocycles. The number of hydrogen-bond donors (Lipinski definition) is 3. The Morgan fingerprint density at radius 2 is 1.96 bits per heavy atom. The van der Waals surface area contributed by atoms with Crippen molar-refractivity contribution in [3.05, 3.63) is 53.6 Å². The lowest BCUT2D eigenvalue weighted by Gasteiger charge is -2.07. The first-order valence-electron chi connectivity index (χ1n) is 8.13. The minimum Gasteiger partial charge on any atom is -0.504 e. The van der Waals surface area contributed by atoms with E-state index in [1.807, 2.05) is 25.1 Å². The van der Waals surface area contributed by atoms with Gasteiger partial charge in [-0.3, -0.25) is 9.59 Å². The number of ether oxygens (including phenoxy) is 2. The molecule has 2 amide bonds. The number of hydrazone groups is 1. The first kappa shape index (κ1) is 19.8. The van der Waals surface area contributed by atoms with Crippen LogP contribution in [-0.2, 0) is 9.59 Å². The van der Waals surface area contributed by atoms with Crippen LogP contribution in [0.5, 0.6) is 17.2 Å². The highest BCUT2D eigenvalue weighted by molar-refractivity contribution is 5.88. The van der Waals surface area contributed by atoms with Crippen molar-refractivity contribution in [2.45, 2.75) is 6.92 Å². The number of hydrogen-bond acceptors (Lipinski definition) is 6. The maximum absolute atomic E-state index is 11.7. The Bertz CT molecular complexity index is 836. The lowest BCUT2D eigenvalue weighted by Crippen LogP contribution is -2.37. The number of nitrogens with one attached hydrogen (secondary N) is 2. The van der Waals surface area contributed by atoms with Gasteiger partial charge in [0.15, 0.2) is 18.1 Å². The zero-order chi connectivity index (χ0) is 19.6. The topological polar surface area (TPSA) is 109 Å². The molecule has 3 N–H and O–H groups in total. The second-order valence-corrected chi connectivity index (χ2v) is 5.57. The monoisotopic (exact) mass is 371 g/mol. The van der Waals surface area contributed by atoms with Crippen molar-refractivity contribution >= 4 is 18.0 Å². The number of methoxy groups -OCH3 is 1. The molecule has 8 nitrogen and oxygen atoms in total. The molecule has 0 aromatic heterocycles. The van der Waals surface area contributed by atoms with Crippen LogP contribution >= 0.6 is 0 Å². The molecule has 27 heavy (non-hydrogen) atoms. The molecule has 0 aliphatic rings. The van der Waals surface area contributed by atoms with Crippen molar-refractivity contribution in [3.63, 3.8) is 0 Å². The molecule has 0 aliphatic carbocycles. The van der Waals surface area contributed by atoms with Crippen LogP contribution in [0.2, 0.25) is 0 Å². The second kappa shape index (κ2) is 9.81. The predicted octanol–water partition coefficient (Wildman–Crippen LogP) is 1.35. The first-order valence-corrected chi connectivity index (χ1v) is 8.13. The fourth-order valence-electron chi connectivity index (χ4n) is 2.11. The van der Waals surface area contributed by atoms with Gasteiger partial charge in [0.1, 0.15) is 5.75 Å². The second-order valence-electron chi connectivity index (χ2n) is 5.57. The molecule has 0 spiro atoms. The summed E-state index contributed by atoms with van der Waals surface area (Å²) in [5, 5.41) is 16.1. The molecule has 0 radical (unpaired) electrons. The number of rotatable bonds is 8. The third-order valence-corrected chi connectivity index (χ3v) is 3.45. The molecule has 2 rings (SSSR count). The number of phenols is 1. The number of nitrogens with zero attached hydrogens (tertiary/aromatic N) is 1. The number of aromatic hydroxyl groups is 1. The molecule has 0 fully saturated rings. The predicted molar refractivity (Wildman–Crippen MR) is 100 cm³/mol. The lowest BCUT2D eigenvalue weighted by atomic mass is 10.2. The van der Waals surface area contributed by atoms with Crippen molar-refractivity contribution in [1.29, 1.82) is 0 Å². The number of para-hydroxylation sites is 1. The van der Waals surface area contributed by atoms with Crippen LogP contribution in [0.1, 0.15) is 11.1 Å². The fraction of sp³-hybridized carbons (Fsp3) is 0.211. The Morgan fingerprint density at radius 3 is 2.70 bits per heavy atom. The molecule has 142 valence electrons. The molecule has 0 heterocycles. The van der Waals surface area contributed by atoms with Gasteiger partial charge >= 0.3 is 0 Å². The van der Waals surface area contributed by atoms with E-state index in [1.165, 1.54) is 13.3 Å². The Labute approximate surface area is 156 Å². The maximum atomic E-state index is 11.7. The lowest BCUT2D eigenvalue weighted by molar-refractivity contribution is -0.127. The van der Waals surface area contributed by atoms with Gasteiger partial charge in [-0.1, -0.05) is 18.2 Å². The van der Waals surface area contributed by atoms with Gasteiger partial charge in [-0.05, 0) is 36.8 Å². The third kappa shape index (κ3) is 6.35. The number of aryl methyl sites for hydroxylation is 1. The van der Waals surface area contributed by atoms with Gasteiger partial charge in [0.05, 0.1) is 19.9 Å². The summed E-state index contributed by atoms with van der Waals surface area (Å²) in [5.74, 6) is -0.151. The molecule has 0 saturated heterocycles. The molecule has 0 bridgehead atoms. The van der Waals surface area contributed by atoms with Crippen LogP contribution < -0.4 is 20.2 Å². The Kier molecular flexibility index (Phi) is 7.18. The Morgan fingerprint density at radius 1 is 1.19 bits per heavy atom. The maximum Gasteiger partial charge on any atom is 0.259 e. The first-order chi connectivity index (χ1) is 13.0. The van der Waals surface area contributed by atoms with Crippen LogP contribution in [0.15, 0.2) is 47.6 Å². The minimum absolute atomic E-state index is 0.0837. The van der Waals surface area contributed by atoms with E-state index in [2.05, 4.69) is 15.8 Å².